The van der Waals surface area contributed by atoms with E-state index in [1.165, 1.54) is 11.3 Å². The maximum absolute atomic E-state index is 11.6. The van der Waals surface area contributed by atoms with E-state index < -0.39 is 22.0 Å². The van der Waals surface area contributed by atoms with Crippen LogP contribution in [0.25, 0.3) is 0 Å². The maximum Gasteiger partial charge on any atom is 0.305 e. The summed E-state index contributed by atoms with van der Waals surface area (Å²) in [5.41, 5.74) is 0. The second-order valence-corrected chi connectivity index (χ2v) is 6.46. The lowest BCUT2D eigenvalue weighted by Crippen LogP contribution is -2.31. The minimum absolute atomic E-state index is 0.00843. The fourth-order valence-electron chi connectivity index (χ4n) is 1.41. The quantitative estimate of drug-likeness (QED) is 0.793. The Balaban J connectivity index is 2.82. The van der Waals surface area contributed by atoms with Crippen LogP contribution in [0.1, 0.15) is 30.7 Å². The lowest BCUT2D eigenvalue weighted by atomic mass is 10.2. The summed E-state index contributed by atoms with van der Waals surface area (Å²) in [5, 5.41) is 10.6. The summed E-state index contributed by atoms with van der Waals surface area (Å²) < 4.78 is 25.7. The fourth-order valence-corrected chi connectivity index (χ4v) is 3.56. The molecule has 0 aliphatic heterocycles. The molecule has 1 heterocycles. The Morgan fingerprint density at radius 3 is 2.76 bits per heavy atom. The summed E-state index contributed by atoms with van der Waals surface area (Å²) in [6.45, 7) is 1.76. The normalized spacial score (nSPS) is 13.5. The van der Waals surface area contributed by atoms with E-state index in [2.05, 4.69) is 4.72 Å². The molecule has 0 aliphatic carbocycles. The molecule has 2 N–H and O–H groups in total. The first-order valence-corrected chi connectivity index (χ1v) is 7.73. The summed E-state index contributed by atoms with van der Waals surface area (Å²) in [6, 6.07) is 2.82. The number of nitrogens with one attached hydrogen (secondary N) is 1. The molecule has 1 atom stereocenters. The number of thiophene rings is 1. The molecule has 0 fully saturated rings. The molecule has 0 aliphatic rings. The summed E-state index contributed by atoms with van der Waals surface area (Å²) in [7, 11) is -3.41. The van der Waals surface area contributed by atoms with Crippen molar-refractivity contribution in [2.75, 3.05) is 5.75 Å². The molecule has 1 aromatic heterocycles. The van der Waals surface area contributed by atoms with Crippen LogP contribution >= 0.6 is 11.3 Å². The van der Waals surface area contributed by atoms with E-state index in [9.17, 15) is 13.2 Å². The molecule has 5 nitrogen and oxygen atoms in total. The van der Waals surface area contributed by atoms with E-state index in [1.54, 1.807) is 24.4 Å². The maximum atomic E-state index is 11.6. The van der Waals surface area contributed by atoms with Crippen LogP contribution in [-0.4, -0.2) is 25.2 Å². The van der Waals surface area contributed by atoms with Crippen molar-refractivity contribution in [3.63, 3.8) is 0 Å². The Kier molecular flexibility index (Phi) is 5.10. The van der Waals surface area contributed by atoms with Gasteiger partial charge in [-0.05, 0) is 17.9 Å². The van der Waals surface area contributed by atoms with E-state index in [1.807, 2.05) is 0 Å². The number of carboxylic acids is 1. The van der Waals surface area contributed by atoms with Crippen LogP contribution in [0, 0.1) is 0 Å². The van der Waals surface area contributed by atoms with Crippen LogP contribution < -0.4 is 4.72 Å². The summed E-state index contributed by atoms with van der Waals surface area (Å²) in [6.07, 6.45) is 0.253. The van der Waals surface area contributed by atoms with Gasteiger partial charge in [0.25, 0.3) is 0 Å². The summed E-state index contributed by atoms with van der Waals surface area (Å²) in [5.74, 6) is -1.02. The van der Waals surface area contributed by atoms with Crippen molar-refractivity contribution >= 4 is 27.3 Å². The molecular formula is C10H15NO4S2. The van der Waals surface area contributed by atoms with Crippen molar-refractivity contribution in [1.29, 1.82) is 0 Å². The smallest absolute Gasteiger partial charge is 0.305 e. The van der Waals surface area contributed by atoms with Gasteiger partial charge in [0.1, 0.15) is 0 Å². The zero-order valence-electron chi connectivity index (χ0n) is 9.42. The number of aliphatic carboxylic acids is 1. The summed E-state index contributed by atoms with van der Waals surface area (Å²) in [4.78, 5) is 11.4. The number of rotatable bonds is 7. The van der Waals surface area contributed by atoms with Crippen molar-refractivity contribution in [1.82, 2.24) is 4.72 Å². The monoisotopic (exact) mass is 277 g/mol. The number of carboxylic acid groups (broad SMARTS) is 1. The zero-order valence-corrected chi connectivity index (χ0v) is 11.1. The van der Waals surface area contributed by atoms with Crippen LogP contribution in [0.4, 0.5) is 0 Å². The van der Waals surface area contributed by atoms with E-state index in [0.717, 1.165) is 0 Å². The second-order valence-electron chi connectivity index (χ2n) is 3.60. The highest BCUT2D eigenvalue weighted by molar-refractivity contribution is 7.89. The minimum Gasteiger partial charge on any atom is -0.481 e. The van der Waals surface area contributed by atoms with E-state index >= 15 is 0 Å². The van der Waals surface area contributed by atoms with Gasteiger partial charge in [0.2, 0.25) is 10.0 Å². The fraction of sp³-hybridized carbons (Fsp3) is 0.500. The van der Waals surface area contributed by atoms with E-state index in [-0.39, 0.29) is 12.2 Å². The third kappa shape index (κ3) is 4.84. The van der Waals surface area contributed by atoms with Crippen LogP contribution in [0.2, 0.25) is 0 Å². The molecule has 96 valence electrons. The number of sulfonamides is 1. The molecule has 0 aromatic carbocycles. The largest absolute Gasteiger partial charge is 0.481 e. The highest BCUT2D eigenvalue weighted by Gasteiger charge is 2.22. The molecule has 1 aromatic rings. The van der Waals surface area contributed by atoms with Gasteiger partial charge >= 0.3 is 5.97 Å². The predicted molar refractivity (Wildman–Crippen MR) is 66.5 cm³/mol. The van der Waals surface area contributed by atoms with E-state index in [4.69, 9.17) is 5.11 Å². The average Bonchev–Trinajstić information content (AvgIpc) is 2.67. The van der Waals surface area contributed by atoms with Gasteiger partial charge in [0.15, 0.2) is 0 Å². The molecule has 0 radical (unpaired) electrons. The van der Waals surface area contributed by atoms with Gasteiger partial charge in [-0.2, -0.15) is 0 Å². The van der Waals surface area contributed by atoms with Crippen molar-refractivity contribution < 1.29 is 18.3 Å². The Bertz CT molecular complexity index is 453. The average molecular weight is 277 g/mol. The highest BCUT2D eigenvalue weighted by atomic mass is 32.2. The van der Waals surface area contributed by atoms with Gasteiger partial charge in [-0.1, -0.05) is 13.0 Å². The van der Waals surface area contributed by atoms with Crippen LogP contribution in [-0.2, 0) is 14.8 Å². The molecule has 7 heteroatoms. The first-order valence-electron chi connectivity index (χ1n) is 5.20. The molecular weight excluding hydrogens is 262 g/mol. The third-order valence-corrected chi connectivity index (χ3v) is 4.64. The van der Waals surface area contributed by atoms with E-state index in [0.29, 0.717) is 11.3 Å². The first-order chi connectivity index (χ1) is 7.94. The number of carbonyl (C=O) groups is 1. The minimum atomic E-state index is -3.41. The zero-order chi connectivity index (χ0) is 12.9. The van der Waals surface area contributed by atoms with Gasteiger partial charge in [-0.3, -0.25) is 4.79 Å². The van der Waals surface area contributed by atoms with Gasteiger partial charge in [0.05, 0.1) is 18.2 Å². The lowest BCUT2D eigenvalue weighted by Gasteiger charge is -2.15. The number of hydrogen-bond donors (Lipinski definition) is 2. The van der Waals surface area contributed by atoms with Crippen molar-refractivity contribution in [2.24, 2.45) is 0 Å². The Hall–Kier alpha value is -0.920. The lowest BCUT2D eigenvalue weighted by molar-refractivity contribution is -0.137. The summed E-state index contributed by atoms with van der Waals surface area (Å²) >= 11 is 1.34. The first kappa shape index (κ1) is 14.1. The van der Waals surface area contributed by atoms with Gasteiger partial charge in [-0.25, -0.2) is 13.1 Å². The standard InChI is InChI=1S/C10H15NO4S2/c1-2-6-17(14,15)11-8(7-10(12)13)9-4-3-5-16-9/h3-5,8,11H,2,6-7H2,1H3,(H,12,13). The second kappa shape index (κ2) is 6.13. The Labute approximate surface area is 105 Å². The van der Waals surface area contributed by atoms with Gasteiger partial charge in [-0.15, -0.1) is 11.3 Å². The van der Waals surface area contributed by atoms with Crippen molar-refractivity contribution in [3.8, 4) is 0 Å². The van der Waals surface area contributed by atoms with Crippen molar-refractivity contribution in [3.05, 3.63) is 22.4 Å². The van der Waals surface area contributed by atoms with Crippen molar-refractivity contribution in [2.45, 2.75) is 25.8 Å². The van der Waals surface area contributed by atoms with Crippen LogP contribution in [0.5, 0.6) is 0 Å². The van der Waals surface area contributed by atoms with Crippen LogP contribution in [0.3, 0.4) is 0 Å². The molecule has 0 amide bonds. The third-order valence-electron chi connectivity index (χ3n) is 2.06. The van der Waals surface area contributed by atoms with Gasteiger partial charge < -0.3 is 5.11 Å². The Morgan fingerprint density at radius 2 is 2.29 bits per heavy atom. The molecule has 1 rings (SSSR count). The highest BCUT2D eigenvalue weighted by Crippen LogP contribution is 2.22. The molecule has 0 spiro atoms. The Morgan fingerprint density at radius 1 is 1.59 bits per heavy atom. The van der Waals surface area contributed by atoms with Crippen LogP contribution in [0.15, 0.2) is 17.5 Å². The van der Waals surface area contributed by atoms with Gasteiger partial charge in [0, 0.05) is 4.88 Å². The molecule has 0 saturated carbocycles. The molecule has 0 saturated heterocycles. The predicted octanol–water partition coefficient (Wildman–Crippen LogP) is 1.59. The molecule has 1 unspecified atom stereocenters. The molecule has 0 bridgehead atoms. The topological polar surface area (TPSA) is 83.5 Å². The molecule has 17 heavy (non-hydrogen) atoms. The number of hydrogen-bond acceptors (Lipinski definition) is 4. The SMILES string of the molecule is CCCS(=O)(=O)NC(CC(=O)O)c1cccs1.